The van der Waals surface area contributed by atoms with Gasteiger partial charge in [-0.2, -0.15) is 0 Å². The Morgan fingerprint density at radius 1 is 1.11 bits per heavy atom. The number of pyridine rings is 1. The minimum Gasteiger partial charge on any atom is -0.261 e. The second kappa shape index (κ2) is 6.26. The third kappa shape index (κ3) is 3.06. The maximum atomic E-state index is 6.54. The summed E-state index contributed by atoms with van der Waals surface area (Å²) in [5.41, 5.74) is 2.18. The molecule has 2 aromatic rings. The van der Waals surface area contributed by atoms with Crippen LogP contribution in [0.1, 0.15) is 29.5 Å². The molecule has 0 saturated heterocycles. The molecule has 1 heterocycles. The Balaban J connectivity index is 2.17. The van der Waals surface area contributed by atoms with Crippen LogP contribution in [0.3, 0.4) is 0 Å². The molecular formula is C15H16ClNS. The number of alkyl halides is 1. The molecule has 0 aliphatic rings. The standard InChI is InChI=1S/C15H16ClNS/c1-11(14-5-3-4-10-17-14)15(16)12-6-8-13(18-2)9-7-12/h3-11,15H,1-2H3. The summed E-state index contributed by atoms with van der Waals surface area (Å²) in [4.78, 5) is 5.63. The molecule has 0 aliphatic heterocycles. The van der Waals surface area contributed by atoms with Crippen molar-refractivity contribution < 1.29 is 0 Å². The third-order valence-electron chi connectivity index (χ3n) is 3.03. The lowest BCUT2D eigenvalue weighted by Crippen LogP contribution is -2.04. The number of hydrogen-bond donors (Lipinski definition) is 0. The first-order chi connectivity index (χ1) is 8.72. The van der Waals surface area contributed by atoms with Gasteiger partial charge in [-0.05, 0) is 36.1 Å². The van der Waals surface area contributed by atoms with Crippen LogP contribution in [0.2, 0.25) is 0 Å². The Bertz CT molecular complexity index is 484. The van der Waals surface area contributed by atoms with E-state index in [2.05, 4.69) is 42.4 Å². The molecule has 0 bridgehead atoms. The summed E-state index contributed by atoms with van der Waals surface area (Å²) in [6.45, 7) is 2.11. The van der Waals surface area contributed by atoms with Crippen LogP contribution in [0.25, 0.3) is 0 Å². The van der Waals surface area contributed by atoms with Gasteiger partial charge in [0.25, 0.3) is 0 Å². The molecular weight excluding hydrogens is 262 g/mol. The van der Waals surface area contributed by atoms with Crippen LogP contribution < -0.4 is 0 Å². The van der Waals surface area contributed by atoms with E-state index in [9.17, 15) is 0 Å². The number of thioether (sulfide) groups is 1. The summed E-state index contributed by atoms with van der Waals surface area (Å²) < 4.78 is 0. The minimum absolute atomic E-state index is 0.0455. The second-order valence-corrected chi connectivity index (χ2v) is 5.57. The summed E-state index contributed by atoms with van der Waals surface area (Å²) in [7, 11) is 0. The Labute approximate surface area is 118 Å². The first-order valence-electron chi connectivity index (χ1n) is 5.91. The average Bonchev–Trinajstić information content (AvgIpc) is 2.47. The molecule has 18 heavy (non-hydrogen) atoms. The largest absolute Gasteiger partial charge is 0.261 e. The molecule has 2 atom stereocenters. The number of halogens is 1. The van der Waals surface area contributed by atoms with Gasteiger partial charge in [0.1, 0.15) is 0 Å². The fourth-order valence-electron chi connectivity index (χ4n) is 1.87. The van der Waals surface area contributed by atoms with Crippen LogP contribution >= 0.6 is 23.4 Å². The van der Waals surface area contributed by atoms with Gasteiger partial charge >= 0.3 is 0 Å². The minimum atomic E-state index is -0.0455. The average molecular weight is 278 g/mol. The van der Waals surface area contributed by atoms with Gasteiger partial charge in [-0.25, -0.2) is 0 Å². The highest BCUT2D eigenvalue weighted by Gasteiger charge is 2.19. The van der Waals surface area contributed by atoms with Crippen molar-refractivity contribution >= 4 is 23.4 Å². The zero-order chi connectivity index (χ0) is 13.0. The lowest BCUT2D eigenvalue weighted by molar-refractivity contribution is 0.706. The molecule has 0 spiro atoms. The third-order valence-corrected chi connectivity index (χ3v) is 4.40. The van der Waals surface area contributed by atoms with Crippen LogP contribution in [0.5, 0.6) is 0 Å². The Hall–Kier alpha value is -0.990. The van der Waals surface area contributed by atoms with E-state index in [0.717, 1.165) is 11.3 Å². The molecule has 0 saturated carbocycles. The van der Waals surface area contributed by atoms with E-state index in [1.54, 1.807) is 11.8 Å². The van der Waals surface area contributed by atoms with Gasteiger partial charge in [-0.15, -0.1) is 23.4 Å². The SMILES string of the molecule is CSc1ccc(C(Cl)C(C)c2ccccn2)cc1. The second-order valence-electron chi connectivity index (χ2n) is 4.22. The fraction of sp³-hybridized carbons (Fsp3) is 0.267. The van der Waals surface area contributed by atoms with E-state index in [1.807, 2.05) is 24.4 Å². The zero-order valence-electron chi connectivity index (χ0n) is 10.5. The van der Waals surface area contributed by atoms with Crippen molar-refractivity contribution in [3.8, 4) is 0 Å². The molecule has 0 fully saturated rings. The van der Waals surface area contributed by atoms with Gasteiger partial charge in [0.15, 0.2) is 0 Å². The Morgan fingerprint density at radius 3 is 2.39 bits per heavy atom. The number of aromatic nitrogens is 1. The van der Waals surface area contributed by atoms with Gasteiger partial charge in [-0.3, -0.25) is 4.98 Å². The van der Waals surface area contributed by atoms with Gasteiger partial charge in [0.2, 0.25) is 0 Å². The molecule has 0 N–H and O–H groups in total. The molecule has 1 aromatic carbocycles. The normalized spacial score (nSPS) is 14.2. The highest BCUT2D eigenvalue weighted by molar-refractivity contribution is 7.98. The van der Waals surface area contributed by atoms with Crippen molar-refractivity contribution in [3.05, 3.63) is 59.9 Å². The summed E-state index contributed by atoms with van der Waals surface area (Å²) in [6.07, 6.45) is 3.88. The molecule has 0 aliphatic carbocycles. The quantitative estimate of drug-likeness (QED) is 0.583. The predicted molar refractivity (Wildman–Crippen MR) is 79.5 cm³/mol. The first kappa shape index (κ1) is 13.4. The van der Waals surface area contributed by atoms with Crippen molar-refractivity contribution in [2.45, 2.75) is 23.1 Å². The molecule has 3 heteroatoms. The van der Waals surface area contributed by atoms with Crippen LogP contribution in [-0.4, -0.2) is 11.2 Å². The van der Waals surface area contributed by atoms with E-state index in [-0.39, 0.29) is 11.3 Å². The van der Waals surface area contributed by atoms with Crippen molar-refractivity contribution in [2.75, 3.05) is 6.26 Å². The van der Waals surface area contributed by atoms with Gasteiger partial charge in [0.05, 0.1) is 5.38 Å². The first-order valence-corrected chi connectivity index (χ1v) is 7.57. The molecule has 0 radical (unpaired) electrons. The molecule has 2 unspecified atom stereocenters. The highest BCUT2D eigenvalue weighted by Crippen LogP contribution is 2.35. The number of rotatable bonds is 4. The predicted octanol–water partition coefficient (Wildman–Crippen LogP) is 4.89. The fourth-order valence-corrected chi connectivity index (χ4v) is 2.55. The Kier molecular flexibility index (Phi) is 4.67. The van der Waals surface area contributed by atoms with E-state index in [1.165, 1.54) is 4.90 Å². The summed E-state index contributed by atoms with van der Waals surface area (Å²) in [5.74, 6) is 0.202. The van der Waals surface area contributed by atoms with Gasteiger partial charge < -0.3 is 0 Å². The monoisotopic (exact) mass is 277 g/mol. The molecule has 1 aromatic heterocycles. The van der Waals surface area contributed by atoms with E-state index < -0.39 is 0 Å². The van der Waals surface area contributed by atoms with E-state index >= 15 is 0 Å². The van der Waals surface area contributed by atoms with Gasteiger partial charge in [0, 0.05) is 22.7 Å². The maximum absolute atomic E-state index is 6.54. The molecule has 94 valence electrons. The highest BCUT2D eigenvalue weighted by atomic mass is 35.5. The molecule has 2 rings (SSSR count). The Morgan fingerprint density at radius 2 is 1.83 bits per heavy atom. The van der Waals surface area contributed by atoms with Crippen LogP contribution in [0.4, 0.5) is 0 Å². The maximum Gasteiger partial charge on any atom is 0.0666 e. The molecule has 1 nitrogen and oxygen atoms in total. The number of benzene rings is 1. The number of nitrogens with zero attached hydrogens (tertiary/aromatic N) is 1. The summed E-state index contributed by atoms with van der Waals surface area (Å²) in [6, 6.07) is 14.4. The van der Waals surface area contributed by atoms with Crippen LogP contribution in [0.15, 0.2) is 53.6 Å². The van der Waals surface area contributed by atoms with Crippen molar-refractivity contribution in [2.24, 2.45) is 0 Å². The smallest absolute Gasteiger partial charge is 0.0666 e. The van der Waals surface area contributed by atoms with Crippen molar-refractivity contribution in [1.82, 2.24) is 4.98 Å². The topological polar surface area (TPSA) is 12.9 Å². The van der Waals surface area contributed by atoms with E-state index in [0.29, 0.717) is 0 Å². The molecule has 0 amide bonds. The van der Waals surface area contributed by atoms with Crippen LogP contribution in [-0.2, 0) is 0 Å². The zero-order valence-corrected chi connectivity index (χ0v) is 12.1. The van der Waals surface area contributed by atoms with Gasteiger partial charge in [-0.1, -0.05) is 25.1 Å². The van der Waals surface area contributed by atoms with Crippen molar-refractivity contribution in [1.29, 1.82) is 0 Å². The summed E-state index contributed by atoms with van der Waals surface area (Å²) in [5, 5.41) is -0.0455. The number of hydrogen-bond acceptors (Lipinski definition) is 2. The summed E-state index contributed by atoms with van der Waals surface area (Å²) >= 11 is 8.28. The lowest BCUT2D eigenvalue weighted by atomic mass is 9.97. The lowest BCUT2D eigenvalue weighted by Gasteiger charge is -2.18. The van der Waals surface area contributed by atoms with E-state index in [4.69, 9.17) is 11.6 Å². The van der Waals surface area contributed by atoms with Crippen LogP contribution in [0, 0.1) is 0 Å². The van der Waals surface area contributed by atoms with Crippen molar-refractivity contribution in [3.63, 3.8) is 0 Å².